The molecular weight excluding hydrogens is 562 g/mol. The van der Waals surface area contributed by atoms with Crippen LogP contribution < -0.4 is 10.6 Å². The highest BCUT2D eigenvalue weighted by molar-refractivity contribution is 7.14. The molecule has 0 radical (unpaired) electrons. The molecule has 0 fully saturated rings. The van der Waals surface area contributed by atoms with Gasteiger partial charge in [0.15, 0.2) is 5.13 Å². The standard InChI is InChI=1S/C35H28ClN3O2S/c1-35(18-29-25-9-2-4-11-27(25)31(35)28-12-5-3-10-26(28)29)33(41)39-34-38-30(20-42-34)22-7-6-8-23(17-22)32(40)37-19-21-13-15-24(36)16-14-21/h2-17,20,29,31H,18-19H2,1H3,(H,37,40)(H,38,39,41). The Morgan fingerprint density at radius 2 is 1.57 bits per heavy atom. The fourth-order valence-electron chi connectivity index (χ4n) is 6.60. The summed E-state index contributed by atoms with van der Waals surface area (Å²) in [5.41, 5.74) is 7.60. The van der Waals surface area contributed by atoms with E-state index < -0.39 is 5.41 Å². The van der Waals surface area contributed by atoms with E-state index >= 15 is 0 Å². The van der Waals surface area contributed by atoms with Crippen LogP contribution in [-0.4, -0.2) is 16.8 Å². The molecule has 4 aromatic carbocycles. The summed E-state index contributed by atoms with van der Waals surface area (Å²) in [6, 6.07) is 31.9. The second-order valence-corrected chi connectivity index (χ2v) is 12.5. The molecule has 1 atom stereocenters. The monoisotopic (exact) mass is 589 g/mol. The molecule has 0 aliphatic heterocycles. The Hall–Kier alpha value is -4.26. The molecule has 3 aliphatic rings. The molecule has 0 spiro atoms. The average molecular weight is 590 g/mol. The summed E-state index contributed by atoms with van der Waals surface area (Å²) in [7, 11) is 0. The van der Waals surface area contributed by atoms with E-state index in [1.54, 1.807) is 18.2 Å². The third-order valence-corrected chi connectivity index (χ3v) is 9.67. The molecule has 0 saturated heterocycles. The highest BCUT2D eigenvalue weighted by Crippen LogP contribution is 2.61. The van der Waals surface area contributed by atoms with Gasteiger partial charge in [-0.3, -0.25) is 9.59 Å². The number of hydrogen-bond acceptors (Lipinski definition) is 4. The van der Waals surface area contributed by atoms with Crippen LogP contribution in [0.15, 0.2) is 102 Å². The van der Waals surface area contributed by atoms with Gasteiger partial charge in [-0.1, -0.05) is 84.4 Å². The van der Waals surface area contributed by atoms with Crippen molar-refractivity contribution in [2.45, 2.75) is 31.7 Å². The van der Waals surface area contributed by atoms with Gasteiger partial charge in [0.2, 0.25) is 5.91 Å². The molecule has 5 nitrogen and oxygen atoms in total. The molecule has 42 heavy (non-hydrogen) atoms. The first-order chi connectivity index (χ1) is 20.4. The number of thiazole rings is 1. The van der Waals surface area contributed by atoms with Gasteiger partial charge in [-0.15, -0.1) is 11.3 Å². The van der Waals surface area contributed by atoms with Crippen LogP contribution in [0.3, 0.4) is 0 Å². The third-order valence-electron chi connectivity index (χ3n) is 8.66. The van der Waals surface area contributed by atoms with Gasteiger partial charge in [-0.2, -0.15) is 0 Å². The highest BCUT2D eigenvalue weighted by Gasteiger charge is 2.54. The predicted octanol–water partition coefficient (Wildman–Crippen LogP) is 8.02. The smallest absolute Gasteiger partial charge is 0.251 e. The Labute approximate surface area is 253 Å². The predicted molar refractivity (Wildman–Crippen MR) is 168 cm³/mol. The lowest BCUT2D eigenvalue weighted by molar-refractivity contribution is -0.126. The van der Waals surface area contributed by atoms with Gasteiger partial charge in [0.1, 0.15) is 0 Å². The molecular formula is C35H28ClN3O2S. The topological polar surface area (TPSA) is 71.1 Å². The van der Waals surface area contributed by atoms with E-state index in [0.29, 0.717) is 28.0 Å². The van der Waals surface area contributed by atoms with Crippen molar-refractivity contribution in [3.05, 3.63) is 141 Å². The van der Waals surface area contributed by atoms with Gasteiger partial charge in [-0.05, 0) is 65.4 Å². The average Bonchev–Trinajstić information content (AvgIpc) is 3.49. The van der Waals surface area contributed by atoms with E-state index in [1.807, 2.05) is 35.7 Å². The maximum absolute atomic E-state index is 14.0. The number of nitrogens with one attached hydrogen (secondary N) is 2. The van der Waals surface area contributed by atoms with Crippen molar-refractivity contribution < 1.29 is 9.59 Å². The largest absolute Gasteiger partial charge is 0.348 e. The summed E-state index contributed by atoms with van der Waals surface area (Å²) in [4.78, 5) is 31.6. The Balaban J connectivity index is 1.09. The highest BCUT2D eigenvalue weighted by atomic mass is 35.5. The number of rotatable bonds is 6. The summed E-state index contributed by atoms with van der Waals surface area (Å²) in [5.74, 6) is -0.00916. The zero-order valence-electron chi connectivity index (χ0n) is 22.9. The number of fused-ring (bicyclic) bond motifs is 1. The van der Waals surface area contributed by atoms with E-state index in [-0.39, 0.29) is 23.7 Å². The molecule has 208 valence electrons. The van der Waals surface area contributed by atoms with E-state index in [2.05, 4.69) is 66.1 Å². The van der Waals surface area contributed by atoms with E-state index in [4.69, 9.17) is 16.6 Å². The van der Waals surface area contributed by atoms with Crippen LogP contribution in [0.1, 0.15) is 63.4 Å². The van der Waals surface area contributed by atoms with Crippen molar-refractivity contribution >= 4 is 39.9 Å². The first-order valence-corrected chi connectivity index (χ1v) is 15.2. The van der Waals surface area contributed by atoms with Gasteiger partial charge >= 0.3 is 0 Å². The number of hydrogen-bond donors (Lipinski definition) is 2. The normalized spacial score (nSPS) is 20.0. The quantitative estimate of drug-likeness (QED) is 0.211. The third kappa shape index (κ3) is 4.61. The summed E-state index contributed by atoms with van der Waals surface area (Å²) in [6.45, 7) is 2.50. The summed E-state index contributed by atoms with van der Waals surface area (Å²) in [5, 5.41) is 9.23. The molecule has 2 bridgehead atoms. The minimum Gasteiger partial charge on any atom is -0.348 e. The SMILES string of the molecule is CC1(C(=O)Nc2nc(-c3cccc(C(=O)NCc4ccc(Cl)cc4)c3)cs2)CC2c3ccccc3C1c1ccccc12. The molecule has 1 aromatic heterocycles. The number of amides is 2. The first kappa shape index (κ1) is 26.6. The minimum absolute atomic E-state index is 0.0160. The zero-order chi connectivity index (χ0) is 28.8. The Morgan fingerprint density at radius 3 is 2.26 bits per heavy atom. The first-order valence-electron chi connectivity index (χ1n) is 14.0. The van der Waals surface area contributed by atoms with Crippen molar-refractivity contribution in [2.24, 2.45) is 5.41 Å². The second kappa shape index (κ2) is 10.5. The fourth-order valence-corrected chi connectivity index (χ4v) is 7.44. The van der Waals surface area contributed by atoms with Crippen molar-refractivity contribution in [2.75, 3.05) is 5.32 Å². The molecule has 8 rings (SSSR count). The molecule has 7 heteroatoms. The van der Waals surface area contributed by atoms with Gasteiger partial charge < -0.3 is 10.6 Å². The van der Waals surface area contributed by atoms with Gasteiger partial charge in [-0.25, -0.2) is 4.98 Å². The Bertz CT molecular complexity index is 1780. The molecule has 1 unspecified atom stereocenters. The summed E-state index contributed by atoms with van der Waals surface area (Å²) < 4.78 is 0. The second-order valence-electron chi connectivity index (χ2n) is 11.2. The lowest BCUT2D eigenvalue weighted by Crippen LogP contribution is -2.47. The molecule has 0 saturated carbocycles. The van der Waals surface area contributed by atoms with Crippen LogP contribution in [0.2, 0.25) is 5.02 Å². The number of nitrogens with zero attached hydrogens (tertiary/aromatic N) is 1. The van der Waals surface area contributed by atoms with Gasteiger partial charge in [0, 0.05) is 39.9 Å². The molecule has 2 N–H and O–H groups in total. The number of benzene rings is 4. The van der Waals surface area contributed by atoms with Gasteiger partial charge in [0.25, 0.3) is 5.91 Å². The van der Waals surface area contributed by atoms with E-state index in [0.717, 1.165) is 17.5 Å². The Kier molecular flexibility index (Phi) is 6.68. The van der Waals surface area contributed by atoms with Crippen molar-refractivity contribution in [3.63, 3.8) is 0 Å². The van der Waals surface area contributed by atoms with Crippen LogP contribution in [0, 0.1) is 5.41 Å². The Morgan fingerprint density at radius 1 is 0.905 bits per heavy atom. The lowest BCUT2D eigenvalue weighted by atomic mass is 9.52. The number of halogens is 1. The van der Waals surface area contributed by atoms with Gasteiger partial charge in [0.05, 0.1) is 11.1 Å². The van der Waals surface area contributed by atoms with Crippen LogP contribution >= 0.6 is 22.9 Å². The van der Waals surface area contributed by atoms with E-state index in [9.17, 15) is 9.59 Å². The van der Waals surface area contributed by atoms with Crippen LogP contribution in [0.25, 0.3) is 11.3 Å². The number of aromatic nitrogens is 1. The number of carbonyl (C=O) groups excluding carboxylic acids is 2. The number of carbonyl (C=O) groups is 2. The van der Waals surface area contributed by atoms with Crippen LogP contribution in [-0.2, 0) is 11.3 Å². The maximum atomic E-state index is 14.0. The molecule has 5 aromatic rings. The van der Waals surface area contributed by atoms with Crippen LogP contribution in [0.5, 0.6) is 0 Å². The van der Waals surface area contributed by atoms with E-state index in [1.165, 1.54) is 33.6 Å². The molecule has 2 amide bonds. The lowest BCUT2D eigenvalue weighted by Gasteiger charge is -2.50. The molecule has 1 heterocycles. The summed E-state index contributed by atoms with van der Waals surface area (Å²) in [6.07, 6.45) is 0.753. The fraction of sp³-hybridized carbons (Fsp3) is 0.171. The molecule has 3 aliphatic carbocycles. The van der Waals surface area contributed by atoms with Crippen molar-refractivity contribution in [1.82, 2.24) is 10.3 Å². The van der Waals surface area contributed by atoms with Crippen molar-refractivity contribution in [3.8, 4) is 11.3 Å². The summed E-state index contributed by atoms with van der Waals surface area (Å²) >= 11 is 7.35. The number of anilines is 1. The minimum atomic E-state index is -0.610. The van der Waals surface area contributed by atoms with Crippen LogP contribution in [0.4, 0.5) is 5.13 Å². The zero-order valence-corrected chi connectivity index (χ0v) is 24.5. The maximum Gasteiger partial charge on any atom is 0.251 e. The van der Waals surface area contributed by atoms with Crippen molar-refractivity contribution in [1.29, 1.82) is 0 Å².